The first kappa shape index (κ1) is 16.7. The van der Waals surface area contributed by atoms with E-state index in [0.717, 1.165) is 31.2 Å². The second kappa shape index (κ2) is 7.09. The molecule has 1 aliphatic rings. The van der Waals surface area contributed by atoms with Crippen molar-refractivity contribution in [2.75, 3.05) is 13.6 Å². The van der Waals surface area contributed by atoms with Gasteiger partial charge in [0.05, 0.1) is 4.90 Å². The number of rotatable bonds is 8. The number of sulfonamides is 1. The highest BCUT2D eigenvalue weighted by Gasteiger charge is 2.37. The summed E-state index contributed by atoms with van der Waals surface area (Å²) in [5, 5.41) is 3.60. The summed E-state index contributed by atoms with van der Waals surface area (Å²) >= 11 is 6.11. The van der Waals surface area contributed by atoms with E-state index in [1.165, 1.54) is 0 Å². The Hall–Kier alpha value is -0.620. The van der Waals surface area contributed by atoms with Crippen molar-refractivity contribution in [3.8, 4) is 0 Å². The van der Waals surface area contributed by atoms with Crippen LogP contribution in [0.2, 0.25) is 5.02 Å². The Morgan fingerprint density at radius 3 is 2.67 bits per heavy atom. The lowest BCUT2D eigenvalue weighted by atomic mass is 10.2. The lowest BCUT2D eigenvalue weighted by molar-refractivity contribution is 0.395. The topological polar surface area (TPSA) is 49.4 Å². The average Bonchev–Trinajstić information content (AvgIpc) is 3.26. The van der Waals surface area contributed by atoms with Gasteiger partial charge in [-0.3, -0.25) is 0 Å². The summed E-state index contributed by atoms with van der Waals surface area (Å²) in [6.45, 7) is 3.24. The highest BCUT2D eigenvalue weighted by atomic mass is 35.5. The predicted octanol–water partition coefficient (Wildman–Crippen LogP) is 3.01. The van der Waals surface area contributed by atoms with Crippen LogP contribution in [-0.2, 0) is 16.6 Å². The van der Waals surface area contributed by atoms with E-state index in [2.05, 4.69) is 12.2 Å². The molecule has 21 heavy (non-hydrogen) atoms. The van der Waals surface area contributed by atoms with E-state index < -0.39 is 10.0 Å². The van der Waals surface area contributed by atoms with Gasteiger partial charge in [0.1, 0.15) is 0 Å². The van der Waals surface area contributed by atoms with Crippen LogP contribution in [0.25, 0.3) is 0 Å². The molecule has 0 saturated heterocycles. The summed E-state index contributed by atoms with van der Waals surface area (Å²) in [7, 11) is -1.61. The molecule has 0 aromatic heterocycles. The number of unbranched alkanes of at least 4 members (excludes halogenated alkanes) is 1. The smallest absolute Gasteiger partial charge is 0.243 e. The second-order valence-corrected chi connectivity index (χ2v) is 7.78. The van der Waals surface area contributed by atoms with Gasteiger partial charge in [-0.05, 0) is 50.1 Å². The highest BCUT2D eigenvalue weighted by molar-refractivity contribution is 7.89. The molecule has 1 fully saturated rings. The van der Waals surface area contributed by atoms with Crippen molar-refractivity contribution in [3.05, 3.63) is 28.8 Å². The summed E-state index contributed by atoms with van der Waals surface area (Å²) in [4.78, 5) is 0.347. The quantitative estimate of drug-likeness (QED) is 0.797. The maximum Gasteiger partial charge on any atom is 0.243 e. The van der Waals surface area contributed by atoms with Crippen LogP contribution in [0.3, 0.4) is 0 Å². The van der Waals surface area contributed by atoms with Crippen LogP contribution < -0.4 is 5.32 Å². The van der Waals surface area contributed by atoms with Crippen molar-refractivity contribution in [1.29, 1.82) is 0 Å². The van der Waals surface area contributed by atoms with Crippen molar-refractivity contribution < 1.29 is 8.42 Å². The van der Waals surface area contributed by atoms with Gasteiger partial charge in [0.15, 0.2) is 0 Å². The largest absolute Gasteiger partial charge is 0.316 e. The molecule has 0 atom stereocenters. The fourth-order valence-electron chi connectivity index (χ4n) is 2.35. The van der Waals surface area contributed by atoms with Crippen LogP contribution in [-0.4, -0.2) is 32.4 Å². The molecule has 6 heteroatoms. The zero-order chi connectivity index (χ0) is 15.5. The maximum absolute atomic E-state index is 12.8. The lowest BCUT2D eigenvalue weighted by Gasteiger charge is -2.22. The minimum atomic E-state index is -3.42. The SMILES string of the molecule is CCCCN(C1CC1)S(=O)(=O)c1ccc(Cl)c(CNC)c1. The van der Waals surface area contributed by atoms with E-state index in [0.29, 0.717) is 23.0 Å². The fourth-order valence-corrected chi connectivity index (χ4v) is 4.31. The zero-order valence-corrected chi connectivity index (χ0v) is 14.2. The van der Waals surface area contributed by atoms with E-state index in [-0.39, 0.29) is 6.04 Å². The molecule has 4 nitrogen and oxygen atoms in total. The average molecular weight is 331 g/mol. The fraction of sp³-hybridized carbons (Fsp3) is 0.600. The number of benzene rings is 1. The molecule has 0 unspecified atom stereocenters. The first-order valence-corrected chi connectivity index (χ1v) is 9.27. The number of nitrogens with one attached hydrogen (secondary N) is 1. The summed E-state index contributed by atoms with van der Waals surface area (Å²) in [5.74, 6) is 0. The Morgan fingerprint density at radius 1 is 1.38 bits per heavy atom. The Kier molecular flexibility index (Phi) is 5.66. The lowest BCUT2D eigenvalue weighted by Crippen LogP contribution is -2.34. The van der Waals surface area contributed by atoms with Gasteiger partial charge in [0, 0.05) is 24.2 Å². The normalized spacial score (nSPS) is 15.6. The van der Waals surface area contributed by atoms with Crippen molar-refractivity contribution in [2.45, 2.75) is 50.1 Å². The minimum Gasteiger partial charge on any atom is -0.316 e. The first-order chi connectivity index (χ1) is 10.0. The number of hydrogen-bond acceptors (Lipinski definition) is 3. The third-order valence-electron chi connectivity index (χ3n) is 3.68. The monoisotopic (exact) mass is 330 g/mol. The van der Waals surface area contributed by atoms with Crippen LogP contribution in [0.15, 0.2) is 23.1 Å². The van der Waals surface area contributed by atoms with E-state index in [9.17, 15) is 8.42 Å². The van der Waals surface area contributed by atoms with Crippen LogP contribution in [0.5, 0.6) is 0 Å². The van der Waals surface area contributed by atoms with Crippen LogP contribution in [0.1, 0.15) is 38.2 Å². The third-order valence-corrected chi connectivity index (χ3v) is 5.99. The Labute approximate surface area is 132 Å². The number of halogens is 1. The summed E-state index contributed by atoms with van der Waals surface area (Å²) in [6.07, 6.45) is 3.83. The predicted molar refractivity (Wildman–Crippen MR) is 86.0 cm³/mol. The summed E-state index contributed by atoms with van der Waals surface area (Å²) in [6, 6.07) is 5.16. The summed E-state index contributed by atoms with van der Waals surface area (Å²) < 4.78 is 27.4. The molecule has 1 N–H and O–H groups in total. The number of hydrogen-bond donors (Lipinski definition) is 1. The van der Waals surface area contributed by atoms with Crippen molar-refractivity contribution in [3.63, 3.8) is 0 Å². The van der Waals surface area contributed by atoms with Crippen molar-refractivity contribution in [1.82, 2.24) is 9.62 Å². The van der Waals surface area contributed by atoms with Gasteiger partial charge < -0.3 is 5.32 Å². The van der Waals surface area contributed by atoms with Crippen molar-refractivity contribution in [2.24, 2.45) is 0 Å². The Bertz CT molecular complexity index is 585. The van der Waals surface area contributed by atoms with Crippen molar-refractivity contribution >= 4 is 21.6 Å². The molecular weight excluding hydrogens is 308 g/mol. The standard InChI is InChI=1S/C15H23ClN2O2S/c1-3-4-9-18(13-5-6-13)21(19,20)14-7-8-15(16)12(10-14)11-17-2/h7-8,10,13,17H,3-6,9,11H2,1-2H3. The molecule has 1 aromatic carbocycles. The molecule has 0 heterocycles. The van der Waals surface area contributed by atoms with Gasteiger partial charge >= 0.3 is 0 Å². The molecule has 0 bridgehead atoms. The van der Waals surface area contributed by atoms with E-state index in [1.54, 1.807) is 22.5 Å². The van der Waals surface area contributed by atoms with E-state index >= 15 is 0 Å². The van der Waals surface area contributed by atoms with Gasteiger partial charge in [-0.15, -0.1) is 0 Å². The number of nitrogens with zero attached hydrogens (tertiary/aromatic N) is 1. The molecular formula is C15H23ClN2O2S. The minimum absolute atomic E-state index is 0.185. The zero-order valence-electron chi connectivity index (χ0n) is 12.6. The van der Waals surface area contributed by atoms with Gasteiger partial charge in [-0.25, -0.2) is 8.42 Å². The molecule has 0 spiro atoms. The third kappa shape index (κ3) is 3.97. The second-order valence-electron chi connectivity index (χ2n) is 5.48. The molecule has 0 amide bonds. The molecule has 0 aliphatic heterocycles. The highest BCUT2D eigenvalue weighted by Crippen LogP contribution is 2.33. The maximum atomic E-state index is 12.8. The Balaban J connectivity index is 2.30. The first-order valence-electron chi connectivity index (χ1n) is 7.45. The molecule has 1 aliphatic carbocycles. The van der Waals surface area contributed by atoms with Gasteiger partial charge in [0.25, 0.3) is 0 Å². The van der Waals surface area contributed by atoms with Crippen LogP contribution in [0.4, 0.5) is 0 Å². The molecule has 2 rings (SSSR count). The van der Waals surface area contributed by atoms with Gasteiger partial charge in [-0.2, -0.15) is 4.31 Å². The van der Waals surface area contributed by atoms with Gasteiger partial charge in [-0.1, -0.05) is 24.9 Å². The molecule has 118 valence electrons. The Morgan fingerprint density at radius 2 is 2.10 bits per heavy atom. The van der Waals surface area contributed by atoms with Gasteiger partial charge in [0.2, 0.25) is 10.0 Å². The molecule has 0 radical (unpaired) electrons. The molecule has 1 aromatic rings. The van der Waals surface area contributed by atoms with Crippen LogP contribution >= 0.6 is 11.6 Å². The summed E-state index contributed by atoms with van der Waals surface area (Å²) in [5.41, 5.74) is 0.812. The van der Waals surface area contributed by atoms with E-state index in [1.807, 2.05) is 7.05 Å². The van der Waals surface area contributed by atoms with E-state index in [4.69, 9.17) is 11.6 Å². The van der Waals surface area contributed by atoms with Crippen LogP contribution in [0, 0.1) is 0 Å². The molecule has 1 saturated carbocycles.